The zero-order valence-electron chi connectivity index (χ0n) is 13.5. The molecule has 4 rings (SSSR count). The number of carbonyl (C=O) groups excluding carboxylic acids is 1. The predicted molar refractivity (Wildman–Crippen MR) is 91.1 cm³/mol. The summed E-state index contributed by atoms with van der Waals surface area (Å²) in [5, 5.41) is 0. The Morgan fingerprint density at radius 2 is 1.96 bits per heavy atom. The average molecular weight is 322 g/mol. The lowest BCUT2D eigenvalue weighted by atomic mass is 10.1. The summed E-state index contributed by atoms with van der Waals surface area (Å²) in [5.74, 6) is 1.61. The Kier molecular flexibility index (Phi) is 3.65. The summed E-state index contributed by atoms with van der Waals surface area (Å²) in [6.45, 7) is 4.75. The molecule has 24 heavy (non-hydrogen) atoms. The molecular weight excluding hydrogens is 304 g/mol. The Balaban J connectivity index is 1.47. The molecule has 1 aliphatic heterocycles. The number of amides is 1. The smallest absolute Gasteiger partial charge is 0.254 e. The molecule has 1 fully saturated rings. The molecule has 0 saturated carbocycles. The summed E-state index contributed by atoms with van der Waals surface area (Å²) in [6.07, 6.45) is 1.79. The minimum absolute atomic E-state index is 0.0400. The maximum absolute atomic E-state index is 12.7. The van der Waals surface area contributed by atoms with E-state index < -0.39 is 0 Å². The van der Waals surface area contributed by atoms with Gasteiger partial charge in [0.1, 0.15) is 11.3 Å². The molecule has 2 aromatic heterocycles. The Hall–Kier alpha value is -2.89. The van der Waals surface area contributed by atoms with Gasteiger partial charge >= 0.3 is 0 Å². The molecular formula is C18H18N4O2. The molecule has 6 nitrogen and oxygen atoms in total. The summed E-state index contributed by atoms with van der Waals surface area (Å²) in [7, 11) is 0. The van der Waals surface area contributed by atoms with Crippen LogP contribution in [0.4, 0.5) is 5.82 Å². The van der Waals surface area contributed by atoms with Crippen LogP contribution >= 0.6 is 0 Å². The van der Waals surface area contributed by atoms with Crippen molar-refractivity contribution < 1.29 is 9.21 Å². The molecule has 1 aromatic carbocycles. The fraction of sp³-hybridized carbons (Fsp3) is 0.278. The van der Waals surface area contributed by atoms with Crippen molar-refractivity contribution >= 4 is 22.8 Å². The summed E-state index contributed by atoms with van der Waals surface area (Å²) in [5.41, 5.74) is 2.09. The molecule has 0 N–H and O–H groups in total. The van der Waals surface area contributed by atoms with E-state index in [2.05, 4.69) is 14.9 Å². The van der Waals surface area contributed by atoms with Gasteiger partial charge < -0.3 is 14.2 Å². The quantitative estimate of drug-likeness (QED) is 0.725. The van der Waals surface area contributed by atoms with Crippen molar-refractivity contribution in [2.75, 3.05) is 31.1 Å². The predicted octanol–water partition coefficient (Wildman–Crippen LogP) is 2.49. The van der Waals surface area contributed by atoms with Gasteiger partial charge in [-0.3, -0.25) is 4.79 Å². The molecule has 0 bridgehead atoms. The Morgan fingerprint density at radius 3 is 2.71 bits per heavy atom. The number of carbonyl (C=O) groups is 1. The van der Waals surface area contributed by atoms with Gasteiger partial charge in [0.15, 0.2) is 11.5 Å². The molecule has 0 aliphatic carbocycles. The lowest BCUT2D eigenvalue weighted by Crippen LogP contribution is -2.49. The number of pyridine rings is 1. The molecule has 0 atom stereocenters. The third kappa shape index (κ3) is 2.71. The van der Waals surface area contributed by atoms with E-state index in [4.69, 9.17) is 4.42 Å². The second-order valence-electron chi connectivity index (χ2n) is 5.88. The van der Waals surface area contributed by atoms with E-state index in [9.17, 15) is 4.79 Å². The highest BCUT2D eigenvalue weighted by atomic mass is 16.3. The molecule has 3 heterocycles. The number of anilines is 1. The minimum atomic E-state index is 0.0400. The van der Waals surface area contributed by atoms with Gasteiger partial charge in [-0.15, -0.1) is 0 Å². The molecule has 1 saturated heterocycles. The number of benzene rings is 1. The molecule has 1 amide bonds. The van der Waals surface area contributed by atoms with Crippen LogP contribution in [0.5, 0.6) is 0 Å². The number of aryl methyl sites for hydroxylation is 1. The maximum Gasteiger partial charge on any atom is 0.254 e. The van der Waals surface area contributed by atoms with E-state index in [1.165, 1.54) is 0 Å². The molecule has 122 valence electrons. The van der Waals surface area contributed by atoms with Crippen LogP contribution in [0.1, 0.15) is 16.2 Å². The van der Waals surface area contributed by atoms with Crippen LogP contribution < -0.4 is 4.90 Å². The Bertz CT molecular complexity index is 867. The van der Waals surface area contributed by atoms with Crippen molar-refractivity contribution in [3.05, 3.63) is 54.0 Å². The van der Waals surface area contributed by atoms with Crippen molar-refractivity contribution in [2.24, 2.45) is 0 Å². The largest absolute Gasteiger partial charge is 0.441 e. The maximum atomic E-state index is 12.7. The van der Waals surface area contributed by atoms with Gasteiger partial charge in [0.2, 0.25) is 0 Å². The zero-order valence-corrected chi connectivity index (χ0v) is 13.5. The van der Waals surface area contributed by atoms with E-state index in [1.54, 1.807) is 25.3 Å². The van der Waals surface area contributed by atoms with Crippen molar-refractivity contribution in [1.29, 1.82) is 0 Å². The van der Waals surface area contributed by atoms with Gasteiger partial charge in [-0.25, -0.2) is 9.97 Å². The van der Waals surface area contributed by atoms with Crippen molar-refractivity contribution in [3.63, 3.8) is 0 Å². The highest BCUT2D eigenvalue weighted by Crippen LogP contribution is 2.19. The molecule has 3 aromatic rings. The van der Waals surface area contributed by atoms with Crippen LogP contribution in [0.25, 0.3) is 11.1 Å². The van der Waals surface area contributed by atoms with Crippen LogP contribution in [-0.4, -0.2) is 47.0 Å². The Labute approximate surface area is 139 Å². The molecule has 0 unspecified atom stereocenters. The molecule has 1 aliphatic rings. The lowest BCUT2D eigenvalue weighted by Gasteiger charge is -2.35. The second-order valence-corrected chi connectivity index (χ2v) is 5.88. The number of fused-ring (bicyclic) bond motifs is 1. The van der Waals surface area contributed by atoms with Crippen LogP contribution in [0.15, 0.2) is 47.0 Å². The number of oxazole rings is 1. The Morgan fingerprint density at radius 1 is 1.12 bits per heavy atom. The van der Waals surface area contributed by atoms with Crippen molar-refractivity contribution in [3.8, 4) is 0 Å². The van der Waals surface area contributed by atoms with E-state index in [-0.39, 0.29) is 5.91 Å². The van der Waals surface area contributed by atoms with Gasteiger partial charge in [-0.05, 0) is 30.3 Å². The third-order valence-corrected chi connectivity index (χ3v) is 4.28. The van der Waals surface area contributed by atoms with Crippen LogP contribution in [0.3, 0.4) is 0 Å². The zero-order chi connectivity index (χ0) is 16.5. The summed E-state index contributed by atoms with van der Waals surface area (Å²) < 4.78 is 5.46. The van der Waals surface area contributed by atoms with Gasteiger partial charge in [0.25, 0.3) is 5.91 Å². The highest BCUT2D eigenvalue weighted by Gasteiger charge is 2.23. The first-order valence-corrected chi connectivity index (χ1v) is 8.03. The van der Waals surface area contributed by atoms with Crippen LogP contribution in [-0.2, 0) is 0 Å². The van der Waals surface area contributed by atoms with Crippen molar-refractivity contribution in [2.45, 2.75) is 6.92 Å². The second kappa shape index (κ2) is 5.96. The molecule has 0 radical (unpaired) electrons. The number of aromatic nitrogens is 2. The van der Waals surface area contributed by atoms with Gasteiger partial charge in [0, 0.05) is 44.9 Å². The first-order chi connectivity index (χ1) is 11.7. The minimum Gasteiger partial charge on any atom is -0.441 e. The standard InChI is InChI=1S/C18H18N4O2/c1-13-20-15-12-14(5-6-16(15)24-13)18(23)22-10-8-21(9-11-22)17-4-2-3-7-19-17/h2-7,12H,8-11H2,1H3. The monoisotopic (exact) mass is 322 g/mol. The number of hydrogen-bond donors (Lipinski definition) is 0. The van der Waals surface area contributed by atoms with Crippen molar-refractivity contribution in [1.82, 2.24) is 14.9 Å². The highest BCUT2D eigenvalue weighted by molar-refractivity contribution is 5.97. The number of nitrogens with zero attached hydrogens (tertiary/aromatic N) is 4. The molecule has 0 spiro atoms. The van der Waals surface area contributed by atoms with E-state index in [1.807, 2.05) is 29.2 Å². The van der Waals surface area contributed by atoms with Crippen LogP contribution in [0.2, 0.25) is 0 Å². The average Bonchev–Trinajstić information content (AvgIpc) is 3.01. The summed E-state index contributed by atoms with van der Waals surface area (Å²) >= 11 is 0. The van der Waals surface area contributed by atoms with Gasteiger partial charge in [0.05, 0.1) is 0 Å². The van der Waals surface area contributed by atoms with E-state index >= 15 is 0 Å². The number of rotatable bonds is 2. The SMILES string of the molecule is Cc1nc2cc(C(=O)N3CCN(c4ccccn4)CC3)ccc2o1. The van der Waals surface area contributed by atoms with Crippen LogP contribution in [0, 0.1) is 6.92 Å². The number of piperazine rings is 1. The fourth-order valence-electron chi connectivity index (χ4n) is 3.04. The normalized spacial score (nSPS) is 15.0. The lowest BCUT2D eigenvalue weighted by molar-refractivity contribution is 0.0746. The summed E-state index contributed by atoms with van der Waals surface area (Å²) in [4.78, 5) is 25.5. The van der Waals surface area contributed by atoms with E-state index in [0.29, 0.717) is 30.1 Å². The fourth-order valence-corrected chi connectivity index (χ4v) is 3.04. The summed E-state index contributed by atoms with van der Waals surface area (Å²) in [6, 6.07) is 11.3. The number of hydrogen-bond acceptors (Lipinski definition) is 5. The van der Waals surface area contributed by atoms with E-state index in [0.717, 1.165) is 24.4 Å². The van der Waals surface area contributed by atoms with Gasteiger partial charge in [-0.2, -0.15) is 0 Å². The molecule has 6 heteroatoms. The third-order valence-electron chi connectivity index (χ3n) is 4.28. The topological polar surface area (TPSA) is 62.5 Å². The first-order valence-electron chi connectivity index (χ1n) is 8.03. The first kappa shape index (κ1) is 14.7. The van der Waals surface area contributed by atoms with Gasteiger partial charge in [-0.1, -0.05) is 6.07 Å².